The highest BCUT2D eigenvalue weighted by molar-refractivity contribution is 5.91. The highest BCUT2D eigenvalue weighted by atomic mass is 16.6. The van der Waals surface area contributed by atoms with Crippen molar-refractivity contribution in [2.24, 2.45) is 5.92 Å². The van der Waals surface area contributed by atoms with E-state index in [4.69, 9.17) is 0 Å². The van der Waals surface area contributed by atoms with Crippen LogP contribution in [0.4, 0.5) is 5.69 Å². The number of rotatable bonds is 6. The second-order valence-electron chi connectivity index (χ2n) is 5.42. The van der Waals surface area contributed by atoms with Crippen molar-refractivity contribution in [1.82, 2.24) is 5.32 Å². The van der Waals surface area contributed by atoms with Crippen molar-refractivity contribution in [3.05, 3.63) is 46.0 Å². The number of nitro benzene ring substituents is 1. The molecule has 0 spiro atoms. The van der Waals surface area contributed by atoms with E-state index in [1.165, 1.54) is 24.3 Å². The number of carbonyl (C=O) groups is 1. The molecule has 1 atom stereocenters. The summed E-state index contributed by atoms with van der Waals surface area (Å²) < 4.78 is 0. The summed E-state index contributed by atoms with van der Waals surface area (Å²) in [5.41, 5.74) is -0.440. The van der Waals surface area contributed by atoms with Crippen molar-refractivity contribution < 1.29 is 14.8 Å². The number of nitro groups is 1. The van der Waals surface area contributed by atoms with Gasteiger partial charge in [0.25, 0.3) is 5.69 Å². The number of carbonyl (C=O) groups excluding carboxylic acids is 1. The van der Waals surface area contributed by atoms with Gasteiger partial charge in [0.1, 0.15) is 0 Å². The number of aliphatic hydroxyl groups is 1. The Morgan fingerprint density at radius 1 is 1.52 bits per heavy atom. The van der Waals surface area contributed by atoms with Crippen LogP contribution in [0.2, 0.25) is 0 Å². The number of amides is 1. The summed E-state index contributed by atoms with van der Waals surface area (Å²) in [5, 5.41) is 23.3. The molecule has 1 aromatic carbocycles. The van der Waals surface area contributed by atoms with Crippen molar-refractivity contribution in [2.75, 3.05) is 6.54 Å². The molecule has 114 valence electrons. The summed E-state index contributed by atoms with van der Waals surface area (Å²) in [7, 11) is 0. The Kier molecular flexibility index (Phi) is 5.60. The van der Waals surface area contributed by atoms with Gasteiger partial charge >= 0.3 is 0 Å². The normalized spacial score (nSPS) is 14.1. The molecule has 2 N–H and O–H groups in total. The fourth-order valence-electron chi connectivity index (χ4n) is 1.44. The zero-order valence-electron chi connectivity index (χ0n) is 12.4. The lowest BCUT2D eigenvalue weighted by Crippen LogP contribution is -2.43. The first kappa shape index (κ1) is 16.8. The Bertz CT molecular complexity index is 550. The number of hydrogen-bond donors (Lipinski definition) is 2. The van der Waals surface area contributed by atoms with E-state index in [0.29, 0.717) is 5.56 Å². The third-order valence-corrected chi connectivity index (χ3v) is 3.37. The minimum atomic E-state index is -0.977. The van der Waals surface area contributed by atoms with Gasteiger partial charge in [0.05, 0.1) is 10.5 Å². The van der Waals surface area contributed by atoms with Crippen molar-refractivity contribution in [2.45, 2.75) is 26.4 Å². The summed E-state index contributed by atoms with van der Waals surface area (Å²) >= 11 is 0. The Labute approximate surface area is 123 Å². The van der Waals surface area contributed by atoms with Gasteiger partial charge < -0.3 is 10.4 Å². The van der Waals surface area contributed by atoms with E-state index < -0.39 is 10.5 Å². The lowest BCUT2D eigenvalue weighted by molar-refractivity contribution is -0.384. The van der Waals surface area contributed by atoms with Crippen molar-refractivity contribution in [1.29, 1.82) is 0 Å². The standard InChI is InChI=1S/C15H20N2O4/c1-11(2)15(3,19)10-16-14(18)8-7-12-5-4-6-13(9-12)17(20)21/h4-9,11,19H,10H2,1-3H3,(H,16,18)/b8-7+/t15-/m0/s1. The van der Waals surface area contributed by atoms with E-state index >= 15 is 0 Å². The van der Waals surface area contributed by atoms with Gasteiger partial charge in [-0.3, -0.25) is 14.9 Å². The molecule has 0 saturated carbocycles. The van der Waals surface area contributed by atoms with Crippen LogP contribution in [-0.4, -0.2) is 28.1 Å². The van der Waals surface area contributed by atoms with Crippen LogP contribution in [0.3, 0.4) is 0 Å². The van der Waals surface area contributed by atoms with Gasteiger partial charge in [-0.05, 0) is 24.5 Å². The number of nitrogens with one attached hydrogen (secondary N) is 1. The van der Waals surface area contributed by atoms with Crippen LogP contribution < -0.4 is 5.32 Å². The van der Waals surface area contributed by atoms with E-state index in [2.05, 4.69) is 5.32 Å². The molecule has 0 aromatic heterocycles. The third-order valence-electron chi connectivity index (χ3n) is 3.37. The van der Waals surface area contributed by atoms with E-state index in [0.717, 1.165) is 0 Å². The largest absolute Gasteiger partial charge is 0.388 e. The first-order valence-electron chi connectivity index (χ1n) is 6.65. The Morgan fingerprint density at radius 2 is 2.19 bits per heavy atom. The van der Waals surface area contributed by atoms with E-state index in [1.807, 2.05) is 13.8 Å². The van der Waals surface area contributed by atoms with Crippen LogP contribution in [0.25, 0.3) is 6.08 Å². The first-order chi connectivity index (χ1) is 9.72. The van der Waals surface area contributed by atoms with E-state index in [9.17, 15) is 20.0 Å². The summed E-state index contributed by atoms with van der Waals surface area (Å²) in [5.74, 6) is -0.346. The molecule has 6 nitrogen and oxygen atoms in total. The fraction of sp³-hybridized carbons (Fsp3) is 0.400. The minimum Gasteiger partial charge on any atom is -0.388 e. The maximum atomic E-state index is 11.7. The van der Waals surface area contributed by atoms with Gasteiger partial charge in [0.2, 0.25) is 5.91 Å². The predicted octanol–water partition coefficient (Wildman–Crippen LogP) is 2.13. The Balaban J connectivity index is 2.62. The van der Waals surface area contributed by atoms with Gasteiger partial charge in [-0.15, -0.1) is 0 Å². The molecular formula is C15H20N2O4. The van der Waals surface area contributed by atoms with Crippen LogP contribution in [-0.2, 0) is 4.79 Å². The second-order valence-corrected chi connectivity index (χ2v) is 5.42. The summed E-state index contributed by atoms with van der Waals surface area (Å²) in [4.78, 5) is 21.8. The van der Waals surface area contributed by atoms with Crippen LogP contribution in [0.15, 0.2) is 30.3 Å². The molecule has 0 radical (unpaired) electrons. The van der Waals surface area contributed by atoms with Crippen molar-refractivity contribution in [3.8, 4) is 0 Å². The molecule has 1 amide bonds. The summed E-state index contributed by atoms with van der Waals surface area (Å²) in [6.07, 6.45) is 2.78. The molecule has 1 aromatic rings. The molecule has 0 bridgehead atoms. The first-order valence-corrected chi connectivity index (χ1v) is 6.65. The van der Waals surface area contributed by atoms with Gasteiger partial charge in [0.15, 0.2) is 0 Å². The van der Waals surface area contributed by atoms with Gasteiger partial charge in [-0.2, -0.15) is 0 Å². The molecule has 0 aliphatic heterocycles. The summed E-state index contributed by atoms with van der Waals surface area (Å²) in [6.45, 7) is 5.53. The summed E-state index contributed by atoms with van der Waals surface area (Å²) in [6, 6.07) is 5.99. The lowest BCUT2D eigenvalue weighted by atomic mass is 9.92. The molecule has 1 rings (SSSR count). The highest BCUT2D eigenvalue weighted by Crippen LogP contribution is 2.15. The quantitative estimate of drug-likeness (QED) is 0.477. The topological polar surface area (TPSA) is 92.5 Å². The third kappa shape index (κ3) is 5.35. The van der Waals surface area contributed by atoms with Crippen molar-refractivity contribution in [3.63, 3.8) is 0 Å². The van der Waals surface area contributed by atoms with Crippen LogP contribution >= 0.6 is 0 Å². The zero-order valence-corrected chi connectivity index (χ0v) is 12.4. The number of benzene rings is 1. The fourth-order valence-corrected chi connectivity index (χ4v) is 1.44. The molecule has 0 heterocycles. The molecule has 21 heavy (non-hydrogen) atoms. The SMILES string of the molecule is CC(C)[C@@](C)(O)CNC(=O)/C=C/c1cccc([N+](=O)[O-])c1. The number of non-ortho nitro benzene ring substituents is 1. The van der Waals surface area contributed by atoms with E-state index in [-0.39, 0.29) is 24.1 Å². The molecule has 0 aliphatic rings. The number of hydrogen-bond acceptors (Lipinski definition) is 4. The second kappa shape index (κ2) is 6.99. The lowest BCUT2D eigenvalue weighted by Gasteiger charge is -2.27. The molecule has 6 heteroatoms. The maximum Gasteiger partial charge on any atom is 0.270 e. The monoisotopic (exact) mass is 292 g/mol. The maximum absolute atomic E-state index is 11.7. The molecule has 0 aliphatic carbocycles. The van der Waals surface area contributed by atoms with Gasteiger partial charge in [-0.25, -0.2) is 0 Å². The highest BCUT2D eigenvalue weighted by Gasteiger charge is 2.24. The van der Waals surface area contributed by atoms with E-state index in [1.54, 1.807) is 19.1 Å². The molecule has 0 fully saturated rings. The minimum absolute atomic E-state index is 0.0125. The smallest absolute Gasteiger partial charge is 0.270 e. The molecule has 0 unspecified atom stereocenters. The average Bonchev–Trinajstić information content (AvgIpc) is 2.43. The average molecular weight is 292 g/mol. The van der Waals surface area contributed by atoms with Gasteiger partial charge in [-0.1, -0.05) is 26.0 Å². The van der Waals surface area contributed by atoms with Crippen LogP contribution in [0, 0.1) is 16.0 Å². The number of nitrogens with zero attached hydrogens (tertiary/aromatic N) is 1. The van der Waals surface area contributed by atoms with Crippen LogP contribution in [0.5, 0.6) is 0 Å². The van der Waals surface area contributed by atoms with Crippen LogP contribution in [0.1, 0.15) is 26.3 Å². The molecule has 0 saturated heterocycles. The predicted molar refractivity (Wildman–Crippen MR) is 80.6 cm³/mol. The Hall–Kier alpha value is -2.21. The molecular weight excluding hydrogens is 272 g/mol. The van der Waals surface area contributed by atoms with Gasteiger partial charge in [0, 0.05) is 24.8 Å². The van der Waals surface area contributed by atoms with Crippen molar-refractivity contribution >= 4 is 17.7 Å². The zero-order chi connectivity index (χ0) is 16.0. The Morgan fingerprint density at radius 3 is 2.76 bits per heavy atom.